The SMILES string of the molecule is CCN(CCCCC[Si](OC)(OC)OC)C(=O)O. The lowest BCUT2D eigenvalue weighted by Crippen LogP contribution is -2.42. The summed E-state index contributed by atoms with van der Waals surface area (Å²) in [5.74, 6) is 0. The van der Waals surface area contributed by atoms with Gasteiger partial charge in [0.2, 0.25) is 0 Å². The average molecular weight is 279 g/mol. The first kappa shape index (κ1) is 17.4. The third kappa shape index (κ3) is 5.81. The minimum absolute atomic E-state index is 0.530. The van der Waals surface area contributed by atoms with Gasteiger partial charge >= 0.3 is 14.9 Å². The topological polar surface area (TPSA) is 68.2 Å². The van der Waals surface area contributed by atoms with Gasteiger partial charge in [-0.3, -0.25) is 0 Å². The van der Waals surface area contributed by atoms with Crippen molar-refractivity contribution in [1.29, 1.82) is 0 Å². The molecule has 6 nitrogen and oxygen atoms in total. The molecule has 0 unspecified atom stereocenters. The Labute approximate surface area is 110 Å². The van der Waals surface area contributed by atoms with Crippen LogP contribution in [0.5, 0.6) is 0 Å². The predicted octanol–water partition coefficient (Wildman–Crippen LogP) is 2.03. The van der Waals surface area contributed by atoms with Gasteiger partial charge in [0.1, 0.15) is 0 Å². The fraction of sp³-hybridized carbons (Fsp3) is 0.909. The summed E-state index contributed by atoms with van der Waals surface area (Å²) in [7, 11) is 2.34. The number of hydrogen-bond donors (Lipinski definition) is 1. The highest BCUT2D eigenvalue weighted by molar-refractivity contribution is 6.60. The molecule has 1 amide bonds. The van der Waals surface area contributed by atoms with Crippen molar-refractivity contribution in [3.8, 4) is 0 Å². The fourth-order valence-corrected chi connectivity index (χ4v) is 3.56. The van der Waals surface area contributed by atoms with Crippen LogP contribution < -0.4 is 0 Å². The summed E-state index contributed by atoms with van der Waals surface area (Å²) >= 11 is 0. The molecule has 0 saturated carbocycles. The molecule has 0 aromatic heterocycles. The molecular formula is C11H25NO5Si. The minimum atomic E-state index is -2.45. The highest BCUT2D eigenvalue weighted by Gasteiger charge is 2.36. The summed E-state index contributed by atoms with van der Waals surface area (Å²) in [5.41, 5.74) is 0. The molecule has 0 fully saturated rings. The lowest BCUT2D eigenvalue weighted by atomic mass is 10.2. The summed E-state index contributed by atoms with van der Waals surface area (Å²) < 4.78 is 15.9. The van der Waals surface area contributed by atoms with Crippen molar-refractivity contribution in [3.63, 3.8) is 0 Å². The molecule has 0 bridgehead atoms. The summed E-state index contributed by atoms with van der Waals surface area (Å²) in [5, 5.41) is 8.85. The number of carboxylic acid groups (broad SMARTS) is 1. The Hall–Kier alpha value is -0.633. The molecule has 0 aliphatic carbocycles. The van der Waals surface area contributed by atoms with Crippen LogP contribution in [0.1, 0.15) is 26.2 Å². The average Bonchev–Trinajstić information content (AvgIpc) is 2.38. The number of unbranched alkanes of at least 4 members (excludes halogenated alkanes) is 2. The molecule has 0 atom stereocenters. The second kappa shape index (κ2) is 9.32. The molecule has 0 rings (SSSR count). The van der Waals surface area contributed by atoms with Gasteiger partial charge in [-0.1, -0.05) is 6.42 Å². The van der Waals surface area contributed by atoms with Gasteiger partial charge in [0.25, 0.3) is 0 Å². The van der Waals surface area contributed by atoms with Crippen molar-refractivity contribution >= 4 is 14.9 Å². The van der Waals surface area contributed by atoms with Crippen molar-refractivity contribution in [2.45, 2.75) is 32.2 Å². The first-order valence-electron chi connectivity index (χ1n) is 6.18. The van der Waals surface area contributed by atoms with Crippen LogP contribution >= 0.6 is 0 Å². The van der Waals surface area contributed by atoms with Gasteiger partial charge in [-0.05, 0) is 19.8 Å². The van der Waals surface area contributed by atoms with E-state index >= 15 is 0 Å². The molecular weight excluding hydrogens is 254 g/mol. The molecule has 0 spiro atoms. The van der Waals surface area contributed by atoms with E-state index in [-0.39, 0.29) is 0 Å². The normalized spacial score (nSPS) is 11.6. The minimum Gasteiger partial charge on any atom is -0.465 e. The van der Waals surface area contributed by atoms with Gasteiger partial charge in [0, 0.05) is 40.5 Å². The zero-order valence-corrected chi connectivity index (χ0v) is 12.8. The summed E-state index contributed by atoms with van der Waals surface area (Å²) in [6.45, 7) is 2.95. The number of carbonyl (C=O) groups is 1. The van der Waals surface area contributed by atoms with Crippen LogP contribution in [0.4, 0.5) is 4.79 Å². The van der Waals surface area contributed by atoms with Crippen LogP contribution in [0.3, 0.4) is 0 Å². The van der Waals surface area contributed by atoms with Gasteiger partial charge in [0.05, 0.1) is 0 Å². The van der Waals surface area contributed by atoms with E-state index in [1.54, 1.807) is 21.3 Å². The van der Waals surface area contributed by atoms with Crippen LogP contribution in [0.2, 0.25) is 6.04 Å². The fourth-order valence-electron chi connectivity index (χ4n) is 1.77. The molecule has 0 aliphatic heterocycles. The van der Waals surface area contributed by atoms with E-state index in [1.807, 2.05) is 6.92 Å². The largest absolute Gasteiger partial charge is 0.500 e. The van der Waals surface area contributed by atoms with E-state index in [0.717, 1.165) is 25.3 Å². The van der Waals surface area contributed by atoms with Crippen molar-refractivity contribution in [2.75, 3.05) is 34.4 Å². The van der Waals surface area contributed by atoms with E-state index in [9.17, 15) is 4.79 Å². The van der Waals surface area contributed by atoms with Crippen LogP contribution in [0.15, 0.2) is 0 Å². The molecule has 0 aromatic rings. The van der Waals surface area contributed by atoms with E-state index in [2.05, 4.69) is 0 Å². The van der Waals surface area contributed by atoms with Crippen molar-refractivity contribution < 1.29 is 23.2 Å². The van der Waals surface area contributed by atoms with Crippen LogP contribution in [0, 0.1) is 0 Å². The third-order valence-corrected chi connectivity index (χ3v) is 5.83. The summed E-state index contributed by atoms with van der Waals surface area (Å²) in [4.78, 5) is 12.2. The van der Waals surface area contributed by atoms with Crippen LogP contribution in [0.25, 0.3) is 0 Å². The Morgan fingerprint density at radius 3 is 2.06 bits per heavy atom. The lowest BCUT2D eigenvalue weighted by Gasteiger charge is -2.24. The first-order chi connectivity index (χ1) is 8.55. The van der Waals surface area contributed by atoms with E-state index in [0.29, 0.717) is 13.1 Å². The van der Waals surface area contributed by atoms with Gasteiger partial charge < -0.3 is 23.3 Å². The maximum absolute atomic E-state index is 10.8. The molecule has 0 radical (unpaired) electrons. The molecule has 0 saturated heterocycles. The van der Waals surface area contributed by atoms with Crippen LogP contribution in [-0.2, 0) is 13.3 Å². The molecule has 0 aliphatic rings. The molecule has 0 heterocycles. The zero-order valence-electron chi connectivity index (χ0n) is 11.8. The molecule has 0 aromatic carbocycles. The maximum Gasteiger partial charge on any atom is 0.500 e. The highest BCUT2D eigenvalue weighted by Crippen LogP contribution is 2.17. The number of hydrogen-bond acceptors (Lipinski definition) is 4. The Bertz CT molecular complexity index is 227. The smallest absolute Gasteiger partial charge is 0.465 e. The van der Waals surface area contributed by atoms with Gasteiger partial charge in [-0.2, -0.15) is 0 Å². The quantitative estimate of drug-likeness (QED) is 0.489. The highest BCUT2D eigenvalue weighted by atomic mass is 28.4. The Balaban J connectivity index is 3.82. The molecule has 18 heavy (non-hydrogen) atoms. The standard InChI is InChI=1S/C11H25NO5Si/c1-5-12(11(13)14)9-7-6-8-10-18(15-2,16-3)17-4/h5-10H2,1-4H3,(H,13,14). The van der Waals surface area contributed by atoms with Gasteiger partial charge in [-0.25, -0.2) is 4.79 Å². The van der Waals surface area contributed by atoms with Crippen molar-refractivity contribution in [3.05, 3.63) is 0 Å². The molecule has 1 N–H and O–H groups in total. The Morgan fingerprint density at radius 1 is 1.11 bits per heavy atom. The Kier molecular flexibility index (Phi) is 8.99. The summed E-state index contributed by atoms with van der Waals surface area (Å²) in [6.07, 6.45) is 1.85. The lowest BCUT2D eigenvalue weighted by molar-refractivity contribution is 0.122. The maximum atomic E-state index is 10.8. The number of nitrogens with zero attached hydrogens (tertiary/aromatic N) is 1. The van der Waals surface area contributed by atoms with Crippen molar-refractivity contribution in [1.82, 2.24) is 4.90 Å². The second-order valence-corrected chi connectivity index (χ2v) is 7.06. The van der Waals surface area contributed by atoms with Gasteiger partial charge in [-0.15, -0.1) is 0 Å². The molecule has 108 valence electrons. The third-order valence-electron chi connectivity index (χ3n) is 3.00. The zero-order chi connectivity index (χ0) is 14.0. The van der Waals surface area contributed by atoms with Crippen molar-refractivity contribution in [2.24, 2.45) is 0 Å². The first-order valence-corrected chi connectivity index (χ1v) is 8.11. The van der Waals surface area contributed by atoms with Crippen LogP contribution in [-0.4, -0.2) is 59.3 Å². The van der Waals surface area contributed by atoms with Gasteiger partial charge in [0.15, 0.2) is 0 Å². The monoisotopic (exact) mass is 279 g/mol. The number of amides is 1. The summed E-state index contributed by atoms with van der Waals surface area (Å²) in [6, 6.07) is 0.760. The van der Waals surface area contributed by atoms with E-state index in [4.69, 9.17) is 18.4 Å². The predicted molar refractivity (Wildman–Crippen MR) is 70.7 cm³/mol. The Morgan fingerprint density at radius 2 is 1.67 bits per heavy atom. The van der Waals surface area contributed by atoms with E-state index in [1.165, 1.54) is 4.90 Å². The number of rotatable bonds is 10. The molecule has 7 heteroatoms. The second-order valence-electron chi connectivity index (χ2n) is 3.97. The van der Waals surface area contributed by atoms with E-state index < -0.39 is 14.9 Å².